The Hall–Kier alpha value is -1.16. The van der Waals surface area contributed by atoms with Crippen LogP contribution in [-0.4, -0.2) is 14.8 Å². The minimum Gasteiger partial charge on any atom is -0.308 e. The summed E-state index contributed by atoms with van der Waals surface area (Å²) in [5.74, 6) is 1.92. The maximum atomic E-state index is 4.32. The first-order chi connectivity index (χ1) is 8.15. The first kappa shape index (κ1) is 12.3. The van der Waals surface area contributed by atoms with Crippen molar-refractivity contribution in [2.75, 3.05) is 0 Å². The molecule has 0 saturated heterocycles. The second-order valence-electron chi connectivity index (χ2n) is 4.35. The molecule has 0 aliphatic heterocycles. The molecular formula is C13H16BrN3. The van der Waals surface area contributed by atoms with Crippen LogP contribution in [0.3, 0.4) is 0 Å². The van der Waals surface area contributed by atoms with E-state index in [0.717, 1.165) is 22.5 Å². The van der Waals surface area contributed by atoms with E-state index in [9.17, 15) is 0 Å². The van der Waals surface area contributed by atoms with Gasteiger partial charge in [0.2, 0.25) is 0 Å². The van der Waals surface area contributed by atoms with E-state index < -0.39 is 0 Å². The van der Waals surface area contributed by atoms with E-state index in [4.69, 9.17) is 0 Å². The normalized spacial score (nSPS) is 11.1. The summed E-state index contributed by atoms with van der Waals surface area (Å²) in [6.07, 6.45) is 0. The number of benzene rings is 1. The molecule has 3 nitrogen and oxygen atoms in total. The lowest BCUT2D eigenvalue weighted by atomic mass is 10.1. The van der Waals surface area contributed by atoms with Crippen LogP contribution < -0.4 is 0 Å². The van der Waals surface area contributed by atoms with Crippen LogP contribution in [0.2, 0.25) is 0 Å². The third-order valence-corrected chi connectivity index (χ3v) is 3.29. The summed E-state index contributed by atoms with van der Waals surface area (Å²) in [6, 6.07) is 8.63. The van der Waals surface area contributed by atoms with Gasteiger partial charge in [-0.1, -0.05) is 40.2 Å². The third-order valence-electron chi connectivity index (χ3n) is 2.79. The fourth-order valence-corrected chi connectivity index (χ4v) is 2.35. The first-order valence-electron chi connectivity index (χ1n) is 5.71. The number of nitrogens with zero attached hydrogens (tertiary/aromatic N) is 3. The topological polar surface area (TPSA) is 30.7 Å². The van der Waals surface area contributed by atoms with Crippen molar-refractivity contribution in [1.82, 2.24) is 14.8 Å². The standard InChI is InChI=1S/C13H16BrN3/c1-9(2)17-12(8-14)15-16-13(17)11-7-5-4-6-10(11)3/h4-7,9H,8H2,1-3H3. The van der Waals surface area contributed by atoms with E-state index in [0.29, 0.717) is 6.04 Å². The van der Waals surface area contributed by atoms with Gasteiger partial charge in [0.05, 0.1) is 5.33 Å². The molecule has 0 aliphatic rings. The van der Waals surface area contributed by atoms with Gasteiger partial charge in [0, 0.05) is 11.6 Å². The van der Waals surface area contributed by atoms with Crippen molar-refractivity contribution in [1.29, 1.82) is 0 Å². The molecule has 1 heterocycles. The fraction of sp³-hybridized carbons (Fsp3) is 0.385. The van der Waals surface area contributed by atoms with Crippen molar-refractivity contribution >= 4 is 15.9 Å². The summed E-state index contributed by atoms with van der Waals surface area (Å²) in [4.78, 5) is 0. The molecule has 0 spiro atoms. The van der Waals surface area contributed by atoms with Crippen LogP contribution in [0.4, 0.5) is 0 Å². The molecule has 0 aliphatic carbocycles. The van der Waals surface area contributed by atoms with Crippen molar-refractivity contribution in [2.24, 2.45) is 0 Å². The summed E-state index contributed by atoms with van der Waals surface area (Å²) in [7, 11) is 0. The quantitative estimate of drug-likeness (QED) is 0.808. The Balaban J connectivity index is 2.60. The molecule has 1 aromatic heterocycles. The fourth-order valence-electron chi connectivity index (χ4n) is 1.96. The molecule has 90 valence electrons. The molecule has 1 aromatic carbocycles. The van der Waals surface area contributed by atoms with Gasteiger partial charge < -0.3 is 4.57 Å². The summed E-state index contributed by atoms with van der Waals surface area (Å²) < 4.78 is 2.18. The van der Waals surface area contributed by atoms with Crippen LogP contribution >= 0.6 is 15.9 Å². The average Bonchev–Trinajstić information content (AvgIpc) is 2.73. The van der Waals surface area contributed by atoms with Gasteiger partial charge in [-0.15, -0.1) is 10.2 Å². The Kier molecular flexibility index (Phi) is 3.62. The Bertz CT molecular complexity index is 517. The Morgan fingerprint density at radius 2 is 1.94 bits per heavy atom. The van der Waals surface area contributed by atoms with Gasteiger partial charge in [0.15, 0.2) is 5.82 Å². The van der Waals surface area contributed by atoms with Gasteiger partial charge in [0.1, 0.15) is 5.82 Å². The number of aryl methyl sites for hydroxylation is 1. The molecule has 0 atom stereocenters. The summed E-state index contributed by atoms with van der Waals surface area (Å²) in [6.45, 7) is 6.40. The molecule has 17 heavy (non-hydrogen) atoms. The van der Waals surface area contributed by atoms with Gasteiger partial charge in [-0.3, -0.25) is 0 Å². The average molecular weight is 294 g/mol. The minimum atomic E-state index is 0.354. The first-order valence-corrected chi connectivity index (χ1v) is 6.83. The molecule has 0 N–H and O–H groups in total. The second-order valence-corrected chi connectivity index (χ2v) is 4.91. The molecule has 2 rings (SSSR count). The van der Waals surface area contributed by atoms with Gasteiger partial charge in [0.25, 0.3) is 0 Å². The number of rotatable bonds is 3. The molecule has 0 saturated carbocycles. The van der Waals surface area contributed by atoms with Crippen LogP contribution in [0.25, 0.3) is 11.4 Å². The van der Waals surface area contributed by atoms with E-state index in [2.05, 4.69) is 63.6 Å². The second kappa shape index (κ2) is 5.00. The zero-order chi connectivity index (χ0) is 12.4. The van der Waals surface area contributed by atoms with Crippen molar-refractivity contribution in [2.45, 2.75) is 32.1 Å². The minimum absolute atomic E-state index is 0.354. The number of halogens is 1. The van der Waals surface area contributed by atoms with E-state index in [1.54, 1.807) is 0 Å². The van der Waals surface area contributed by atoms with Gasteiger partial charge in [-0.05, 0) is 26.3 Å². The molecule has 2 aromatic rings. The van der Waals surface area contributed by atoms with Crippen molar-refractivity contribution < 1.29 is 0 Å². The molecule has 0 fully saturated rings. The smallest absolute Gasteiger partial charge is 0.164 e. The van der Waals surface area contributed by atoms with Crippen LogP contribution in [0.15, 0.2) is 24.3 Å². The summed E-state index contributed by atoms with van der Waals surface area (Å²) in [5, 5.41) is 9.29. The number of hydrogen-bond donors (Lipinski definition) is 0. The summed E-state index contributed by atoms with van der Waals surface area (Å²) in [5.41, 5.74) is 2.38. The highest BCUT2D eigenvalue weighted by Gasteiger charge is 2.16. The molecule has 0 unspecified atom stereocenters. The molecular weight excluding hydrogens is 278 g/mol. The monoisotopic (exact) mass is 293 g/mol. The SMILES string of the molecule is Cc1ccccc1-c1nnc(CBr)n1C(C)C. The molecule has 0 radical (unpaired) electrons. The third kappa shape index (κ3) is 2.27. The lowest BCUT2D eigenvalue weighted by Crippen LogP contribution is -2.07. The van der Waals surface area contributed by atoms with Crippen LogP contribution in [0.1, 0.15) is 31.3 Å². The predicted molar refractivity (Wildman–Crippen MR) is 73.2 cm³/mol. The van der Waals surface area contributed by atoms with E-state index >= 15 is 0 Å². The van der Waals surface area contributed by atoms with Crippen LogP contribution in [0.5, 0.6) is 0 Å². The molecule has 0 bridgehead atoms. The van der Waals surface area contributed by atoms with Crippen LogP contribution in [-0.2, 0) is 5.33 Å². The van der Waals surface area contributed by atoms with Gasteiger partial charge in [-0.2, -0.15) is 0 Å². The van der Waals surface area contributed by atoms with E-state index in [-0.39, 0.29) is 0 Å². The highest BCUT2D eigenvalue weighted by Crippen LogP contribution is 2.25. The Morgan fingerprint density at radius 1 is 1.24 bits per heavy atom. The molecule has 4 heteroatoms. The van der Waals surface area contributed by atoms with Crippen molar-refractivity contribution in [3.63, 3.8) is 0 Å². The molecule has 0 amide bonds. The van der Waals surface area contributed by atoms with E-state index in [1.807, 2.05) is 12.1 Å². The largest absolute Gasteiger partial charge is 0.308 e. The number of hydrogen-bond acceptors (Lipinski definition) is 2. The van der Waals surface area contributed by atoms with Crippen LogP contribution in [0, 0.1) is 6.92 Å². The lowest BCUT2D eigenvalue weighted by Gasteiger charge is -2.14. The lowest BCUT2D eigenvalue weighted by molar-refractivity contribution is 0.586. The summed E-state index contributed by atoms with van der Waals surface area (Å²) >= 11 is 3.46. The van der Waals surface area contributed by atoms with E-state index in [1.165, 1.54) is 5.56 Å². The maximum Gasteiger partial charge on any atom is 0.164 e. The van der Waals surface area contributed by atoms with Crippen molar-refractivity contribution in [3.8, 4) is 11.4 Å². The van der Waals surface area contributed by atoms with Crippen molar-refractivity contribution in [3.05, 3.63) is 35.7 Å². The zero-order valence-electron chi connectivity index (χ0n) is 10.3. The number of aromatic nitrogens is 3. The number of alkyl halides is 1. The Labute approximate surface area is 110 Å². The predicted octanol–water partition coefficient (Wildman–Crippen LogP) is 3.73. The highest BCUT2D eigenvalue weighted by atomic mass is 79.9. The Morgan fingerprint density at radius 3 is 2.53 bits per heavy atom. The highest BCUT2D eigenvalue weighted by molar-refractivity contribution is 9.08. The van der Waals surface area contributed by atoms with Gasteiger partial charge >= 0.3 is 0 Å². The zero-order valence-corrected chi connectivity index (χ0v) is 11.9. The van der Waals surface area contributed by atoms with Gasteiger partial charge in [-0.25, -0.2) is 0 Å². The maximum absolute atomic E-state index is 4.32.